The van der Waals surface area contributed by atoms with E-state index in [9.17, 15) is 14.0 Å². The summed E-state index contributed by atoms with van der Waals surface area (Å²) in [5.74, 6) is -2.51. The van der Waals surface area contributed by atoms with E-state index in [1.165, 1.54) is 18.3 Å². The van der Waals surface area contributed by atoms with E-state index in [0.717, 1.165) is 6.07 Å². The third kappa shape index (κ3) is 2.36. The van der Waals surface area contributed by atoms with Crippen LogP contribution in [-0.2, 0) is 4.79 Å². The zero-order chi connectivity index (χ0) is 14.0. The lowest BCUT2D eigenvalue weighted by Crippen LogP contribution is -2.22. The summed E-state index contributed by atoms with van der Waals surface area (Å²) in [6.07, 6.45) is 1.24. The van der Waals surface area contributed by atoms with Crippen LogP contribution in [0.25, 0.3) is 10.8 Å². The number of aromatic nitrogens is 1. The van der Waals surface area contributed by atoms with E-state index in [0.29, 0.717) is 0 Å². The van der Waals surface area contributed by atoms with Gasteiger partial charge in [-0.25, -0.2) is 14.2 Å². The van der Waals surface area contributed by atoms with Gasteiger partial charge in [0.15, 0.2) is 5.69 Å². The van der Waals surface area contributed by atoms with Crippen molar-refractivity contribution in [2.75, 3.05) is 11.9 Å². The first-order valence-electron chi connectivity index (χ1n) is 5.35. The Kier molecular flexibility index (Phi) is 3.39. The van der Waals surface area contributed by atoms with Crippen LogP contribution >= 0.6 is 0 Å². The molecule has 2 rings (SSSR count). The van der Waals surface area contributed by atoms with Crippen LogP contribution in [0.4, 0.5) is 10.1 Å². The Hall–Kier alpha value is -2.54. The van der Waals surface area contributed by atoms with E-state index in [-0.39, 0.29) is 23.0 Å². The van der Waals surface area contributed by atoms with Gasteiger partial charge in [-0.1, -0.05) is 0 Å². The van der Waals surface area contributed by atoms with E-state index in [1.54, 1.807) is 0 Å². The lowest BCUT2D eigenvalue weighted by Gasteiger charge is -2.09. The van der Waals surface area contributed by atoms with Gasteiger partial charge in [0.05, 0.1) is 11.9 Å². The van der Waals surface area contributed by atoms with Gasteiger partial charge >= 0.3 is 5.97 Å². The summed E-state index contributed by atoms with van der Waals surface area (Å²) >= 11 is 0. The van der Waals surface area contributed by atoms with Crippen LogP contribution in [-0.4, -0.2) is 28.5 Å². The minimum absolute atomic E-state index is 0.148. The van der Waals surface area contributed by atoms with Gasteiger partial charge in [0.2, 0.25) is 5.91 Å². The Morgan fingerprint density at radius 2 is 2.11 bits per heavy atom. The highest BCUT2D eigenvalue weighted by Crippen LogP contribution is 2.27. The quantitative estimate of drug-likeness (QED) is 0.765. The second-order valence-corrected chi connectivity index (χ2v) is 3.73. The van der Waals surface area contributed by atoms with Crippen molar-refractivity contribution >= 4 is 28.3 Å². The number of halogens is 1. The molecule has 98 valence electrons. The second-order valence-electron chi connectivity index (χ2n) is 3.73. The average Bonchev–Trinajstić information content (AvgIpc) is 2.41. The molecule has 0 aliphatic carbocycles. The molecule has 0 bridgehead atoms. The summed E-state index contributed by atoms with van der Waals surface area (Å²) in [5, 5.41) is 11.6. The smallest absolute Gasteiger partial charge is 0.355 e. The minimum atomic E-state index is -1.34. The Labute approximate surface area is 107 Å². The van der Waals surface area contributed by atoms with Crippen LogP contribution in [0.3, 0.4) is 0 Å². The Bertz CT molecular complexity index is 673. The number of carboxylic acid groups (broad SMARTS) is 1. The largest absolute Gasteiger partial charge is 0.476 e. The maximum absolute atomic E-state index is 13.8. The number of hydrogen-bond acceptors (Lipinski definition) is 4. The molecule has 1 heterocycles. The molecule has 1 aromatic heterocycles. The number of carbonyl (C=O) groups excluding carboxylic acids is 1. The molecular weight excluding hydrogens is 253 g/mol. The van der Waals surface area contributed by atoms with Gasteiger partial charge in [-0.3, -0.25) is 4.79 Å². The molecular formula is C12H10FN3O3. The average molecular weight is 263 g/mol. The number of nitrogens with zero attached hydrogens (tertiary/aromatic N) is 1. The van der Waals surface area contributed by atoms with Crippen LogP contribution < -0.4 is 11.1 Å². The number of nitrogens with two attached hydrogens (primary N) is 1. The highest BCUT2D eigenvalue weighted by Gasteiger charge is 2.16. The molecule has 0 fully saturated rings. The summed E-state index contributed by atoms with van der Waals surface area (Å²) < 4.78 is 13.8. The van der Waals surface area contributed by atoms with Crippen LogP contribution in [0.15, 0.2) is 24.4 Å². The molecule has 0 radical (unpaired) electrons. The third-order valence-electron chi connectivity index (χ3n) is 2.54. The Morgan fingerprint density at radius 1 is 1.37 bits per heavy atom. The van der Waals surface area contributed by atoms with Gasteiger partial charge in [0.25, 0.3) is 0 Å². The van der Waals surface area contributed by atoms with Gasteiger partial charge in [0.1, 0.15) is 5.82 Å². The van der Waals surface area contributed by atoms with Gasteiger partial charge in [-0.05, 0) is 18.2 Å². The molecule has 1 amide bonds. The standard InChI is InChI=1S/C12H10FN3O3/c13-7-1-2-8(16-9(17)5-14)6-3-4-15-11(10(6)7)12(18)19/h1-4H,5,14H2,(H,16,17)(H,18,19). The van der Waals surface area contributed by atoms with E-state index < -0.39 is 23.4 Å². The highest BCUT2D eigenvalue weighted by molar-refractivity contribution is 6.08. The lowest BCUT2D eigenvalue weighted by molar-refractivity contribution is -0.114. The van der Waals surface area contributed by atoms with Gasteiger partial charge in [-0.2, -0.15) is 0 Å². The zero-order valence-electron chi connectivity index (χ0n) is 9.68. The summed E-state index contributed by atoms with van der Waals surface area (Å²) in [6, 6.07) is 3.84. The van der Waals surface area contributed by atoms with Gasteiger partial charge in [-0.15, -0.1) is 0 Å². The zero-order valence-corrected chi connectivity index (χ0v) is 9.68. The van der Waals surface area contributed by atoms with Crippen molar-refractivity contribution in [3.63, 3.8) is 0 Å². The molecule has 7 heteroatoms. The maximum atomic E-state index is 13.8. The molecule has 4 N–H and O–H groups in total. The molecule has 19 heavy (non-hydrogen) atoms. The fraction of sp³-hybridized carbons (Fsp3) is 0.0833. The Morgan fingerprint density at radius 3 is 2.74 bits per heavy atom. The number of aromatic carboxylic acids is 1. The van der Waals surface area contributed by atoms with Crippen molar-refractivity contribution in [1.82, 2.24) is 4.98 Å². The SMILES string of the molecule is NCC(=O)Nc1ccc(F)c2c(C(=O)O)nccc12. The number of carboxylic acids is 1. The number of carbonyl (C=O) groups is 2. The first-order valence-corrected chi connectivity index (χ1v) is 5.35. The Balaban J connectivity index is 2.69. The summed E-state index contributed by atoms with van der Waals surface area (Å²) in [6.45, 7) is -0.226. The highest BCUT2D eigenvalue weighted by atomic mass is 19.1. The van der Waals surface area contributed by atoms with Crippen LogP contribution in [0.1, 0.15) is 10.5 Å². The molecule has 0 spiro atoms. The predicted molar refractivity (Wildman–Crippen MR) is 66.3 cm³/mol. The first-order chi connectivity index (χ1) is 9.04. The molecule has 6 nitrogen and oxygen atoms in total. The first kappa shape index (κ1) is 12.9. The summed E-state index contributed by atoms with van der Waals surface area (Å²) in [5.41, 5.74) is 5.06. The summed E-state index contributed by atoms with van der Waals surface area (Å²) in [7, 11) is 0. The number of nitrogens with one attached hydrogen (secondary N) is 1. The number of anilines is 1. The van der Waals surface area contributed by atoms with Crippen molar-refractivity contribution in [3.05, 3.63) is 35.9 Å². The van der Waals surface area contributed by atoms with E-state index in [4.69, 9.17) is 10.8 Å². The normalized spacial score (nSPS) is 10.4. The molecule has 2 aromatic rings. The summed E-state index contributed by atoms with van der Waals surface area (Å²) in [4.78, 5) is 25.9. The van der Waals surface area contributed by atoms with E-state index >= 15 is 0 Å². The van der Waals surface area contributed by atoms with Crippen LogP contribution in [0, 0.1) is 5.82 Å². The molecule has 1 aromatic carbocycles. The lowest BCUT2D eigenvalue weighted by atomic mass is 10.1. The minimum Gasteiger partial charge on any atom is -0.476 e. The fourth-order valence-corrected chi connectivity index (χ4v) is 1.73. The fourth-order valence-electron chi connectivity index (χ4n) is 1.73. The number of hydrogen-bond donors (Lipinski definition) is 3. The topological polar surface area (TPSA) is 105 Å². The maximum Gasteiger partial charge on any atom is 0.355 e. The van der Waals surface area contributed by atoms with Crippen LogP contribution in [0.2, 0.25) is 0 Å². The molecule has 0 aliphatic heterocycles. The number of amides is 1. The van der Waals surface area contributed by atoms with Crippen molar-refractivity contribution < 1.29 is 19.1 Å². The second kappa shape index (κ2) is 4.99. The number of pyridine rings is 1. The van der Waals surface area contributed by atoms with Crippen molar-refractivity contribution in [2.24, 2.45) is 5.73 Å². The molecule has 0 unspecified atom stereocenters. The number of benzene rings is 1. The monoisotopic (exact) mass is 263 g/mol. The van der Waals surface area contributed by atoms with Crippen molar-refractivity contribution in [2.45, 2.75) is 0 Å². The van der Waals surface area contributed by atoms with Crippen molar-refractivity contribution in [1.29, 1.82) is 0 Å². The molecule has 0 saturated carbocycles. The molecule has 0 saturated heterocycles. The van der Waals surface area contributed by atoms with Gasteiger partial charge < -0.3 is 16.2 Å². The van der Waals surface area contributed by atoms with E-state index in [1.807, 2.05) is 0 Å². The number of rotatable bonds is 3. The third-order valence-corrected chi connectivity index (χ3v) is 2.54. The van der Waals surface area contributed by atoms with Crippen molar-refractivity contribution in [3.8, 4) is 0 Å². The van der Waals surface area contributed by atoms with Gasteiger partial charge in [0, 0.05) is 17.3 Å². The molecule has 0 atom stereocenters. The molecule has 0 aliphatic rings. The van der Waals surface area contributed by atoms with E-state index in [2.05, 4.69) is 10.3 Å². The predicted octanol–water partition coefficient (Wildman–Crippen LogP) is 0.969. The van der Waals surface area contributed by atoms with Crippen LogP contribution in [0.5, 0.6) is 0 Å². The number of fused-ring (bicyclic) bond motifs is 1.